The van der Waals surface area contributed by atoms with Crippen LogP contribution in [0.15, 0.2) is 60.7 Å². The summed E-state index contributed by atoms with van der Waals surface area (Å²) in [6.07, 6.45) is 0.266. The fraction of sp³-hybridized carbons (Fsp3) is 0.364. The van der Waals surface area contributed by atoms with Gasteiger partial charge in [-0.25, -0.2) is 0 Å². The Morgan fingerprint density at radius 3 is 1.81 bits per heavy atom. The van der Waals surface area contributed by atoms with Crippen LogP contribution in [0.5, 0.6) is 0 Å². The molecule has 0 saturated heterocycles. The summed E-state index contributed by atoms with van der Waals surface area (Å²) in [7, 11) is 7.02. The number of rotatable bonds is 6. The van der Waals surface area contributed by atoms with E-state index in [0.717, 1.165) is 11.1 Å². The second kappa shape index (κ2) is 8.17. The van der Waals surface area contributed by atoms with Crippen molar-refractivity contribution in [3.8, 4) is 0 Å². The third-order valence-corrected chi connectivity index (χ3v) is 5.00. The van der Waals surface area contributed by atoms with Gasteiger partial charge in [-0.2, -0.15) is 0 Å². The number of hydrogen-bond acceptors (Lipinski definition) is 2. The molecule has 0 aliphatic carbocycles. The second-order valence-electron chi connectivity index (χ2n) is 7.22. The summed E-state index contributed by atoms with van der Waals surface area (Å²) in [5, 5.41) is 0. The summed E-state index contributed by atoms with van der Waals surface area (Å²) in [6.45, 7) is 1.95. The van der Waals surface area contributed by atoms with E-state index in [4.69, 9.17) is 0 Å². The first-order valence-electron chi connectivity index (χ1n) is 8.80. The van der Waals surface area contributed by atoms with E-state index in [1.807, 2.05) is 67.6 Å². The average Bonchev–Trinajstić information content (AvgIpc) is 2.65. The molecule has 0 aliphatic rings. The summed E-state index contributed by atoms with van der Waals surface area (Å²) < 4.78 is 0. The monoisotopic (exact) mass is 352 g/mol. The van der Waals surface area contributed by atoms with Crippen LogP contribution < -0.4 is 0 Å². The van der Waals surface area contributed by atoms with Crippen molar-refractivity contribution < 1.29 is 9.59 Å². The minimum atomic E-state index is -0.849. The predicted molar refractivity (Wildman–Crippen MR) is 105 cm³/mol. The number of hydrogen-bond donors (Lipinski definition) is 0. The van der Waals surface area contributed by atoms with E-state index in [1.165, 1.54) is 0 Å². The van der Waals surface area contributed by atoms with Crippen LogP contribution in [-0.4, -0.2) is 49.8 Å². The van der Waals surface area contributed by atoms with Gasteiger partial charge in [0.2, 0.25) is 11.8 Å². The maximum Gasteiger partial charge on any atom is 0.233 e. The molecule has 0 N–H and O–H groups in total. The molecule has 0 heterocycles. The molecule has 0 aliphatic heterocycles. The molecule has 4 nitrogen and oxygen atoms in total. The Labute approximate surface area is 156 Å². The van der Waals surface area contributed by atoms with Crippen LogP contribution in [0.4, 0.5) is 0 Å². The standard InChI is InChI=1S/C22H28N2O2/c1-22(21(26)24(4)5,18-14-10-7-11-15-18)19(16-20(25)23(2)3)17-12-8-6-9-13-17/h6-15,19H,16H2,1-5H3/t19-,22+/m0/s1. The van der Waals surface area contributed by atoms with Crippen LogP contribution in [0.1, 0.15) is 30.4 Å². The van der Waals surface area contributed by atoms with Gasteiger partial charge in [0.15, 0.2) is 0 Å². The van der Waals surface area contributed by atoms with Gasteiger partial charge in [0.1, 0.15) is 0 Å². The molecule has 0 radical (unpaired) electrons. The van der Waals surface area contributed by atoms with Crippen LogP contribution in [0.3, 0.4) is 0 Å². The molecule has 0 fully saturated rings. The lowest BCUT2D eigenvalue weighted by Crippen LogP contribution is -2.47. The smallest absolute Gasteiger partial charge is 0.233 e. The molecule has 0 spiro atoms. The first-order chi connectivity index (χ1) is 12.3. The van der Waals surface area contributed by atoms with Gasteiger partial charge in [0.25, 0.3) is 0 Å². The molecule has 4 heteroatoms. The van der Waals surface area contributed by atoms with Gasteiger partial charge in [0, 0.05) is 40.5 Å². The number of benzene rings is 2. The predicted octanol–water partition coefficient (Wildman–Crippen LogP) is 3.29. The van der Waals surface area contributed by atoms with Crippen molar-refractivity contribution in [2.45, 2.75) is 24.7 Å². The molecule has 2 rings (SSSR count). The maximum absolute atomic E-state index is 13.3. The summed E-state index contributed by atoms with van der Waals surface area (Å²) in [4.78, 5) is 29.1. The van der Waals surface area contributed by atoms with E-state index >= 15 is 0 Å². The maximum atomic E-state index is 13.3. The molecular formula is C22H28N2O2. The molecular weight excluding hydrogens is 324 g/mol. The molecule has 0 unspecified atom stereocenters. The van der Waals surface area contributed by atoms with Gasteiger partial charge in [-0.15, -0.1) is 0 Å². The normalized spacial score (nSPS) is 14.2. The average molecular weight is 352 g/mol. The molecule has 0 aromatic heterocycles. The molecule has 0 bridgehead atoms. The van der Waals surface area contributed by atoms with Crippen LogP contribution in [0, 0.1) is 0 Å². The second-order valence-corrected chi connectivity index (χ2v) is 7.22. The van der Waals surface area contributed by atoms with E-state index < -0.39 is 5.41 Å². The molecule has 0 saturated carbocycles. The fourth-order valence-corrected chi connectivity index (χ4v) is 3.42. The summed E-state index contributed by atoms with van der Waals surface area (Å²) in [5.74, 6) is -0.271. The van der Waals surface area contributed by atoms with E-state index in [2.05, 4.69) is 0 Å². The van der Waals surface area contributed by atoms with Gasteiger partial charge in [0.05, 0.1) is 5.41 Å². The number of likely N-dealkylation sites (N-methyl/N-ethyl adjacent to an activating group) is 1. The van der Waals surface area contributed by atoms with Crippen molar-refractivity contribution in [1.29, 1.82) is 0 Å². The topological polar surface area (TPSA) is 40.6 Å². The highest BCUT2D eigenvalue weighted by molar-refractivity contribution is 5.90. The zero-order valence-electron chi connectivity index (χ0n) is 16.3. The lowest BCUT2D eigenvalue weighted by molar-refractivity contribution is -0.136. The zero-order chi connectivity index (χ0) is 19.3. The highest BCUT2D eigenvalue weighted by Crippen LogP contribution is 2.42. The zero-order valence-corrected chi connectivity index (χ0v) is 16.3. The highest BCUT2D eigenvalue weighted by Gasteiger charge is 2.45. The SMILES string of the molecule is CN(C)C(=O)C[C@@H](c1ccccc1)[C@](C)(C(=O)N(C)C)c1ccccc1. The van der Waals surface area contributed by atoms with Crippen LogP contribution in [0.25, 0.3) is 0 Å². The third kappa shape index (κ3) is 3.96. The minimum Gasteiger partial charge on any atom is -0.349 e. The molecule has 2 aromatic carbocycles. The van der Waals surface area contributed by atoms with Crippen molar-refractivity contribution in [2.24, 2.45) is 0 Å². The summed E-state index contributed by atoms with van der Waals surface area (Å²) in [6, 6.07) is 19.6. The number of amides is 2. The van der Waals surface area contributed by atoms with Crippen molar-refractivity contribution >= 4 is 11.8 Å². The van der Waals surface area contributed by atoms with E-state index in [9.17, 15) is 9.59 Å². The van der Waals surface area contributed by atoms with Crippen LogP contribution in [-0.2, 0) is 15.0 Å². The Balaban J connectivity index is 2.65. The molecule has 26 heavy (non-hydrogen) atoms. The third-order valence-electron chi connectivity index (χ3n) is 5.00. The van der Waals surface area contributed by atoms with Crippen LogP contribution in [0.2, 0.25) is 0 Å². The van der Waals surface area contributed by atoms with Gasteiger partial charge in [-0.05, 0) is 18.1 Å². The van der Waals surface area contributed by atoms with E-state index in [0.29, 0.717) is 0 Å². The largest absolute Gasteiger partial charge is 0.349 e. The van der Waals surface area contributed by atoms with Crippen molar-refractivity contribution in [3.63, 3.8) is 0 Å². The van der Waals surface area contributed by atoms with Gasteiger partial charge in [-0.1, -0.05) is 60.7 Å². The minimum absolute atomic E-state index is 0.00700. The lowest BCUT2D eigenvalue weighted by Gasteiger charge is -2.39. The Hall–Kier alpha value is -2.62. The van der Waals surface area contributed by atoms with E-state index in [1.54, 1.807) is 38.0 Å². The van der Waals surface area contributed by atoms with Crippen molar-refractivity contribution in [3.05, 3.63) is 71.8 Å². The Morgan fingerprint density at radius 1 is 0.846 bits per heavy atom. The number of nitrogens with zero attached hydrogens (tertiary/aromatic N) is 2. The molecule has 2 atom stereocenters. The molecule has 138 valence electrons. The highest BCUT2D eigenvalue weighted by atomic mass is 16.2. The Morgan fingerprint density at radius 2 is 1.35 bits per heavy atom. The number of carbonyl (C=O) groups is 2. The van der Waals surface area contributed by atoms with Gasteiger partial charge < -0.3 is 9.80 Å². The first kappa shape index (κ1) is 19.7. The fourth-order valence-electron chi connectivity index (χ4n) is 3.42. The Kier molecular flexibility index (Phi) is 6.19. The quantitative estimate of drug-likeness (QED) is 0.800. The summed E-state index contributed by atoms with van der Waals surface area (Å²) >= 11 is 0. The lowest BCUT2D eigenvalue weighted by atomic mass is 9.66. The van der Waals surface area contributed by atoms with Gasteiger partial charge >= 0.3 is 0 Å². The van der Waals surface area contributed by atoms with Crippen molar-refractivity contribution in [2.75, 3.05) is 28.2 Å². The number of carbonyl (C=O) groups excluding carboxylic acids is 2. The molecule has 2 aromatic rings. The molecule has 2 amide bonds. The van der Waals surface area contributed by atoms with Gasteiger partial charge in [-0.3, -0.25) is 9.59 Å². The van der Waals surface area contributed by atoms with Crippen LogP contribution >= 0.6 is 0 Å². The van der Waals surface area contributed by atoms with E-state index in [-0.39, 0.29) is 24.2 Å². The van der Waals surface area contributed by atoms with Crippen molar-refractivity contribution in [1.82, 2.24) is 9.80 Å². The Bertz CT molecular complexity index is 741. The first-order valence-corrected chi connectivity index (χ1v) is 8.80. The summed E-state index contributed by atoms with van der Waals surface area (Å²) in [5.41, 5.74) is 1.06.